The van der Waals surface area contributed by atoms with Gasteiger partial charge in [-0.05, 0) is 39.3 Å². The molecule has 0 N–H and O–H groups in total. The van der Waals surface area contributed by atoms with Crippen LogP contribution in [0.4, 0.5) is 4.79 Å². The Morgan fingerprint density at radius 1 is 1.08 bits per heavy atom. The van der Waals surface area contributed by atoms with Crippen molar-refractivity contribution in [1.82, 2.24) is 9.80 Å². The van der Waals surface area contributed by atoms with Crippen LogP contribution in [0.15, 0.2) is 24.3 Å². The van der Waals surface area contributed by atoms with Crippen LogP contribution in [0.1, 0.15) is 47.9 Å². The van der Waals surface area contributed by atoms with Gasteiger partial charge in [0.25, 0.3) is 11.8 Å². The fourth-order valence-corrected chi connectivity index (χ4v) is 2.54. The molecule has 0 aliphatic carbocycles. The van der Waals surface area contributed by atoms with E-state index in [0.29, 0.717) is 30.7 Å². The van der Waals surface area contributed by atoms with Crippen molar-refractivity contribution in [3.05, 3.63) is 35.4 Å². The normalized spacial score (nSPS) is 13.8. The second-order valence-corrected chi connectivity index (χ2v) is 7.18. The van der Waals surface area contributed by atoms with Gasteiger partial charge >= 0.3 is 6.09 Å². The zero-order chi connectivity index (χ0) is 19.3. The van der Waals surface area contributed by atoms with Gasteiger partial charge in [0.05, 0.1) is 24.3 Å². The molecule has 1 aliphatic rings. The van der Waals surface area contributed by atoms with Gasteiger partial charge < -0.3 is 14.4 Å². The van der Waals surface area contributed by atoms with E-state index in [1.165, 1.54) is 9.80 Å². The van der Waals surface area contributed by atoms with E-state index < -0.39 is 5.60 Å². The van der Waals surface area contributed by atoms with Gasteiger partial charge in [0.2, 0.25) is 0 Å². The van der Waals surface area contributed by atoms with Gasteiger partial charge in [-0.2, -0.15) is 0 Å². The summed E-state index contributed by atoms with van der Waals surface area (Å²) in [6, 6.07) is 6.79. The molecule has 1 aliphatic heterocycles. The van der Waals surface area contributed by atoms with E-state index in [1.807, 2.05) is 20.8 Å². The topological polar surface area (TPSA) is 76.2 Å². The number of nitrogens with zero attached hydrogens (tertiary/aromatic N) is 2. The molecule has 0 fully saturated rings. The Morgan fingerprint density at radius 3 is 2.19 bits per heavy atom. The number of carbonyl (C=O) groups is 3. The minimum atomic E-state index is -0.520. The Bertz CT molecular complexity index is 646. The van der Waals surface area contributed by atoms with Gasteiger partial charge in [-0.3, -0.25) is 14.5 Å². The molecule has 142 valence electrons. The maximum absolute atomic E-state index is 12.2. The van der Waals surface area contributed by atoms with E-state index in [-0.39, 0.29) is 31.1 Å². The van der Waals surface area contributed by atoms with Crippen molar-refractivity contribution in [1.29, 1.82) is 0 Å². The Hall–Kier alpha value is -2.41. The average molecular weight is 362 g/mol. The third-order valence-electron chi connectivity index (χ3n) is 3.82. The fraction of sp³-hybridized carbons (Fsp3) is 0.526. The average Bonchev–Trinajstić information content (AvgIpc) is 2.81. The van der Waals surface area contributed by atoms with E-state index >= 15 is 0 Å². The molecule has 1 aromatic rings. The highest BCUT2D eigenvalue weighted by Crippen LogP contribution is 2.21. The predicted octanol–water partition coefficient (Wildman–Crippen LogP) is 2.56. The molecule has 0 aromatic heterocycles. The monoisotopic (exact) mass is 362 g/mol. The molecule has 0 atom stereocenters. The van der Waals surface area contributed by atoms with E-state index in [4.69, 9.17) is 9.47 Å². The maximum atomic E-state index is 12.2. The highest BCUT2D eigenvalue weighted by molar-refractivity contribution is 6.21. The molecule has 0 saturated carbocycles. The number of ether oxygens (including phenoxy) is 2. The summed E-state index contributed by atoms with van der Waals surface area (Å²) in [7, 11) is 1.67. The van der Waals surface area contributed by atoms with Crippen molar-refractivity contribution < 1.29 is 23.9 Å². The van der Waals surface area contributed by atoms with Crippen LogP contribution < -0.4 is 0 Å². The summed E-state index contributed by atoms with van der Waals surface area (Å²) in [5, 5.41) is 0. The minimum Gasteiger partial charge on any atom is -0.444 e. The van der Waals surface area contributed by atoms with Gasteiger partial charge in [-0.15, -0.1) is 0 Å². The summed E-state index contributed by atoms with van der Waals surface area (Å²) in [6.07, 6.45) is 0.265. The van der Waals surface area contributed by atoms with Gasteiger partial charge in [-0.1, -0.05) is 12.1 Å². The molecule has 0 spiro atoms. The summed E-state index contributed by atoms with van der Waals surface area (Å²) >= 11 is 0. The molecule has 7 heteroatoms. The zero-order valence-corrected chi connectivity index (χ0v) is 15.8. The molecule has 2 rings (SSSR count). The van der Waals surface area contributed by atoms with E-state index in [2.05, 4.69) is 0 Å². The van der Waals surface area contributed by atoms with Crippen LogP contribution in [0.5, 0.6) is 0 Å². The molecule has 3 amide bonds. The lowest BCUT2D eigenvalue weighted by Gasteiger charge is -2.24. The van der Waals surface area contributed by atoms with Crippen LogP contribution >= 0.6 is 0 Å². The molecular formula is C19H26N2O5. The lowest BCUT2D eigenvalue weighted by Crippen LogP contribution is -2.35. The lowest BCUT2D eigenvalue weighted by atomic mass is 10.1. The molecular weight excluding hydrogens is 336 g/mol. The second kappa shape index (κ2) is 8.31. The first kappa shape index (κ1) is 19.9. The number of imide groups is 1. The number of fused-ring (bicyclic) bond motifs is 1. The number of benzene rings is 1. The Morgan fingerprint density at radius 2 is 1.65 bits per heavy atom. The molecule has 0 bridgehead atoms. The molecule has 0 saturated heterocycles. The zero-order valence-electron chi connectivity index (χ0n) is 15.8. The smallest absolute Gasteiger partial charge is 0.410 e. The number of hydrogen-bond acceptors (Lipinski definition) is 5. The molecule has 7 nitrogen and oxygen atoms in total. The molecule has 0 radical (unpaired) electrons. The van der Waals surface area contributed by atoms with Crippen molar-refractivity contribution in [2.75, 3.05) is 33.4 Å². The Labute approximate surface area is 153 Å². The molecule has 1 heterocycles. The number of amides is 3. The van der Waals surface area contributed by atoms with E-state index in [0.717, 1.165) is 0 Å². The number of carbonyl (C=O) groups excluding carboxylic acids is 3. The van der Waals surface area contributed by atoms with Crippen LogP contribution in [0.2, 0.25) is 0 Å². The SMILES string of the molecule is CN(CCCOCCN1C(=O)c2ccccc2C1=O)C(=O)OC(C)(C)C. The van der Waals surface area contributed by atoms with Crippen LogP contribution in [-0.4, -0.2) is 66.7 Å². The third kappa shape index (κ3) is 5.05. The van der Waals surface area contributed by atoms with Gasteiger partial charge in [0.1, 0.15) is 5.60 Å². The van der Waals surface area contributed by atoms with E-state index in [1.54, 1.807) is 31.3 Å². The largest absolute Gasteiger partial charge is 0.444 e. The number of hydrogen-bond donors (Lipinski definition) is 0. The first-order chi connectivity index (χ1) is 12.2. The van der Waals surface area contributed by atoms with E-state index in [9.17, 15) is 14.4 Å². The van der Waals surface area contributed by atoms with Crippen molar-refractivity contribution in [2.45, 2.75) is 32.8 Å². The van der Waals surface area contributed by atoms with Crippen LogP contribution in [0, 0.1) is 0 Å². The maximum Gasteiger partial charge on any atom is 0.410 e. The predicted molar refractivity (Wildman–Crippen MR) is 96.1 cm³/mol. The Kier molecular flexibility index (Phi) is 6.37. The van der Waals surface area contributed by atoms with Crippen molar-refractivity contribution in [3.63, 3.8) is 0 Å². The summed E-state index contributed by atoms with van der Waals surface area (Å²) in [6.45, 7) is 6.87. The lowest BCUT2D eigenvalue weighted by molar-refractivity contribution is 0.0272. The number of rotatable bonds is 7. The van der Waals surface area contributed by atoms with Gasteiger partial charge in [-0.25, -0.2) is 4.79 Å². The molecule has 1 aromatic carbocycles. The van der Waals surface area contributed by atoms with Gasteiger partial charge in [0.15, 0.2) is 0 Å². The fourth-order valence-electron chi connectivity index (χ4n) is 2.54. The van der Waals surface area contributed by atoms with Crippen LogP contribution in [0.25, 0.3) is 0 Å². The second-order valence-electron chi connectivity index (χ2n) is 7.18. The van der Waals surface area contributed by atoms with Crippen molar-refractivity contribution in [3.8, 4) is 0 Å². The quantitative estimate of drug-likeness (QED) is 0.550. The Balaban J connectivity index is 1.65. The highest BCUT2D eigenvalue weighted by atomic mass is 16.6. The molecule has 26 heavy (non-hydrogen) atoms. The van der Waals surface area contributed by atoms with Crippen LogP contribution in [-0.2, 0) is 9.47 Å². The summed E-state index contributed by atoms with van der Waals surface area (Å²) < 4.78 is 10.8. The summed E-state index contributed by atoms with van der Waals surface area (Å²) in [4.78, 5) is 38.9. The van der Waals surface area contributed by atoms with Gasteiger partial charge in [0, 0.05) is 20.2 Å². The highest BCUT2D eigenvalue weighted by Gasteiger charge is 2.34. The third-order valence-corrected chi connectivity index (χ3v) is 3.82. The summed E-state index contributed by atoms with van der Waals surface area (Å²) in [5.41, 5.74) is 0.363. The van der Waals surface area contributed by atoms with Crippen molar-refractivity contribution in [2.24, 2.45) is 0 Å². The molecule has 0 unspecified atom stereocenters. The first-order valence-electron chi connectivity index (χ1n) is 8.68. The van der Waals surface area contributed by atoms with Crippen LogP contribution in [0.3, 0.4) is 0 Å². The minimum absolute atomic E-state index is 0.217. The van der Waals surface area contributed by atoms with Crippen molar-refractivity contribution >= 4 is 17.9 Å². The summed E-state index contributed by atoms with van der Waals surface area (Å²) in [5.74, 6) is -0.558. The first-order valence-corrected chi connectivity index (χ1v) is 8.68. The standard InChI is InChI=1S/C19H26N2O5/c1-19(2,3)26-18(24)20(4)10-7-12-25-13-11-21-16(22)14-8-5-6-9-15(14)17(21)23/h5-6,8-9H,7,10-13H2,1-4H3.